The Morgan fingerprint density at radius 2 is 1.50 bits per heavy atom. The van der Waals surface area contributed by atoms with Crippen LogP contribution in [0.25, 0.3) is 0 Å². The number of ether oxygens (including phenoxy) is 1. The molecule has 5 nitrogen and oxygen atoms in total. The first kappa shape index (κ1) is 22.3. The Morgan fingerprint density at radius 3 is 2.16 bits per heavy atom. The molecule has 32 heavy (non-hydrogen) atoms. The average molecular weight is 439 g/mol. The van der Waals surface area contributed by atoms with Crippen molar-refractivity contribution in [2.45, 2.75) is 56.8 Å². The zero-order chi connectivity index (χ0) is 22.4. The number of benzene rings is 2. The first-order valence-electron chi connectivity index (χ1n) is 11.6. The second-order valence-electron chi connectivity index (χ2n) is 8.86. The molecule has 0 atom stereocenters. The van der Waals surface area contributed by atoms with Gasteiger partial charge < -0.3 is 15.0 Å². The van der Waals surface area contributed by atoms with Crippen molar-refractivity contribution in [1.29, 1.82) is 0 Å². The maximum atomic E-state index is 13.4. The van der Waals surface area contributed by atoms with Crippen molar-refractivity contribution in [2.75, 3.05) is 25.0 Å². The van der Waals surface area contributed by atoms with Crippen LogP contribution in [-0.2, 0) is 15.0 Å². The molecule has 0 unspecified atom stereocenters. The van der Waals surface area contributed by atoms with E-state index < -0.39 is 5.41 Å². The van der Waals surface area contributed by atoms with Gasteiger partial charge in [0.1, 0.15) is 11.6 Å². The number of likely N-dealkylation sites (tertiary alicyclic amines) is 1. The topological polar surface area (TPSA) is 58.6 Å². The predicted octanol–water partition coefficient (Wildman–Crippen LogP) is 5.06. The number of nitrogens with one attached hydrogen (secondary N) is 1. The zero-order valence-electron chi connectivity index (χ0n) is 18.4. The van der Waals surface area contributed by atoms with Crippen molar-refractivity contribution in [3.8, 4) is 5.75 Å². The Balaban J connectivity index is 1.38. The zero-order valence-corrected chi connectivity index (χ0v) is 18.4. The van der Waals surface area contributed by atoms with Gasteiger partial charge in [-0.15, -0.1) is 0 Å². The summed E-state index contributed by atoms with van der Waals surface area (Å²) in [6.07, 6.45) is 7.86. The molecule has 0 radical (unpaired) electrons. The van der Waals surface area contributed by atoms with E-state index in [1.807, 2.05) is 4.90 Å². The number of halogens is 1. The van der Waals surface area contributed by atoms with Crippen molar-refractivity contribution >= 4 is 17.5 Å². The van der Waals surface area contributed by atoms with Crippen molar-refractivity contribution in [2.24, 2.45) is 0 Å². The molecule has 1 saturated heterocycles. The first-order chi connectivity index (χ1) is 15.6. The largest absolute Gasteiger partial charge is 0.484 e. The van der Waals surface area contributed by atoms with Crippen molar-refractivity contribution in [3.05, 3.63) is 59.9 Å². The Bertz CT molecular complexity index is 915. The van der Waals surface area contributed by atoms with Crippen LogP contribution in [0.2, 0.25) is 0 Å². The highest BCUT2D eigenvalue weighted by molar-refractivity contribution is 5.99. The predicted molar refractivity (Wildman–Crippen MR) is 122 cm³/mol. The van der Waals surface area contributed by atoms with Gasteiger partial charge in [0, 0.05) is 18.8 Å². The minimum atomic E-state index is -0.637. The molecular formula is C26H31FN2O3. The van der Waals surface area contributed by atoms with Crippen LogP contribution < -0.4 is 10.1 Å². The van der Waals surface area contributed by atoms with Crippen LogP contribution >= 0.6 is 0 Å². The number of piperidine rings is 1. The van der Waals surface area contributed by atoms with Gasteiger partial charge in [-0.2, -0.15) is 0 Å². The molecule has 1 N–H and O–H groups in total. The van der Waals surface area contributed by atoms with Crippen LogP contribution in [-0.4, -0.2) is 36.4 Å². The van der Waals surface area contributed by atoms with Crippen LogP contribution in [0.5, 0.6) is 5.75 Å². The Hall–Kier alpha value is -2.89. The summed E-state index contributed by atoms with van der Waals surface area (Å²) in [6.45, 7) is 1.64. The molecule has 0 aromatic heterocycles. The van der Waals surface area contributed by atoms with E-state index in [2.05, 4.69) is 5.32 Å². The lowest BCUT2D eigenvalue weighted by molar-refractivity contribution is -0.134. The van der Waals surface area contributed by atoms with Crippen LogP contribution in [0.3, 0.4) is 0 Å². The molecule has 2 amide bonds. The highest BCUT2D eigenvalue weighted by Gasteiger charge is 2.41. The van der Waals surface area contributed by atoms with E-state index in [0.717, 1.165) is 63.6 Å². The second kappa shape index (κ2) is 10.2. The molecule has 1 aliphatic carbocycles. The van der Waals surface area contributed by atoms with Crippen LogP contribution in [0.4, 0.5) is 10.1 Å². The van der Waals surface area contributed by atoms with Gasteiger partial charge in [0.2, 0.25) is 5.91 Å². The molecule has 1 saturated carbocycles. The number of rotatable bonds is 6. The van der Waals surface area contributed by atoms with Gasteiger partial charge in [0.05, 0.1) is 5.41 Å². The summed E-state index contributed by atoms with van der Waals surface area (Å²) in [5.41, 5.74) is 0.908. The van der Waals surface area contributed by atoms with Crippen LogP contribution in [0, 0.1) is 5.82 Å². The number of amides is 2. The fourth-order valence-corrected chi connectivity index (χ4v) is 4.84. The molecule has 0 spiro atoms. The normalized spacial score (nSPS) is 18.1. The quantitative estimate of drug-likeness (QED) is 0.686. The molecule has 2 fully saturated rings. The lowest BCUT2D eigenvalue weighted by atomic mass is 9.68. The van der Waals surface area contributed by atoms with E-state index in [-0.39, 0.29) is 24.2 Å². The third kappa shape index (κ3) is 5.12. The molecule has 2 aromatic rings. The second-order valence-corrected chi connectivity index (χ2v) is 8.86. The summed E-state index contributed by atoms with van der Waals surface area (Å²) >= 11 is 0. The van der Waals surface area contributed by atoms with E-state index in [9.17, 15) is 14.0 Å². The SMILES string of the molecule is O=C(COc1ccc(NC(=O)C2(c3ccc(F)cc3)CCCCC2)cc1)N1CCCCC1. The molecule has 4 rings (SSSR count). The summed E-state index contributed by atoms with van der Waals surface area (Å²) < 4.78 is 19.1. The fraction of sp³-hybridized carbons (Fsp3) is 0.462. The van der Waals surface area contributed by atoms with Gasteiger partial charge in [0.25, 0.3) is 5.91 Å². The third-order valence-corrected chi connectivity index (χ3v) is 6.72. The maximum Gasteiger partial charge on any atom is 0.260 e. The maximum absolute atomic E-state index is 13.4. The van der Waals surface area contributed by atoms with Crippen molar-refractivity contribution < 1.29 is 18.7 Å². The van der Waals surface area contributed by atoms with E-state index in [4.69, 9.17) is 4.74 Å². The molecule has 1 aliphatic heterocycles. The van der Waals surface area contributed by atoms with Gasteiger partial charge in [-0.25, -0.2) is 4.39 Å². The Kier molecular flexibility index (Phi) is 7.08. The number of carbonyl (C=O) groups is 2. The number of nitrogens with zero attached hydrogens (tertiary/aromatic N) is 1. The third-order valence-electron chi connectivity index (χ3n) is 6.72. The van der Waals surface area contributed by atoms with E-state index in [1.165, 1.54) is 18.6 Å². The summed E-state index contributed by atoms with van der Waals surface area (Å²) in [7, 11) is 0. The first-order valence-corrected chi connectivity index (χ1v) is 11.6. The molecule has 6 heteroatoms. The minimum Gasteiger partial charge on any atom is -0.484 e. The number of carbonyl (C=O) groups excluding carboxylic acids is 2. The minimum absolute atomic E-state index is 0.0145. The smallest absolute Gasteiger partial charge is 0.260 e. The molecule has 170 valence electrons. The number of hydrogen-bond donors (Lipinski definition) is 1. The van der Waals surface area contributed by atoms with Gasteiger partial charge in [-0.1, -0.05) is 31.4 Å². The van der Waals surface area contributed by atoms with E-state index in [1.54, 1.807) is 36.4 Å². The van der Waals surface area contributed by atoms with Crippen LogP contribution in [0.15, 0.2) is 48.5 Å². The average Bonchev–Trinajstić information content (AvgIpc) is 2.84. The number of anilines is 1. The molecule has 0 bridgehead atoms. The standard InChI is InChI=1S/C26H31FN2O3/c27-21-9-7-20(8-10-21)26(15-3-1-4-16-26)25(31)28-22-11-13-23(14-12-22)32-19-24(30)29-17-5-2-6-18-29/h7-14H,1-6,15-19H2,(H,28,31). The lowest BCUT2D eigenvalue weighted by Gasteiger charge is -2.36. The van der Waals surface area contributed by atoms with Crippen LogP contribution in [0.1, 0.15) is 56.9 Å². The monoisotopic (exact) mass is 438 g/mol. The Morgan fingerprint density at radius 1 is 0.875 bits per heavy atom. The molecule has 1 heterocycles. The van der Waals surface area contributed by atoms with Gasteiger partial charge in [-0.05, 0) is 74.1 Å². The van der Waals surface area contributed by atoms with Crippen molar-refractivity contribution in [1.82, 2.24) is 4.90 Å². The van der Waals surface area contributed by atoms with Crippen molar-refractivity contribution in [3.63, 3.8) is 0 Å². The van der Waals surface area contributed by atoms with Gasteiger partial charge in [0.15, 0.2) is 6.61 Å². The number of hydrogen-bond acceptors (Lipinski definition) is 3. The molecular weight excluding hydrogens is 407 g/mol. The van der Waals surface area contributed by atoms with Gasteiger partial charge >= 0.3 is 0 Å². The Labute approximate surface area is 188 Å². The van der Waals surface area contributed by atoms with Gasteiger partial charge in [-0.3, -0.25) is 9.59 Å². The lowest BCUT2D eigenvalue weighted by Crippen LogP contribution is -2.42. The molecule has 2 aromatic carbocycles. The summed E-state index contributed by atoms with van der Waals surface area (Å²) in [6, 6.07) is 13.4. The highest BCUT2D eigenvalue weighted by Crippen LogP contribution is 2.40. The van der Waals surface area contributed by atoms with E-state index in [0.29, 0.717) is 11.4 Å². The fourth-order valence-electron chi connectivity index (χ4n) is 4.84. The van der Waals surface area contributed by atoms with E-state index >= 15 is 0 Å². The summed E-state index contributed by atoms with van der Waals surface area (Å²) in [5, 5.41) is 3.05. The summed E-state index contributed by atoms with van der Waals surface area (Å²) in [5.74, 6) is 0.257. The summed E-state index contributed by atoms with van der Waals surface area (Å²) in [4.78, 5) is 27.5. The molecule has 2 aliphatic rings. The highest BCUT2D eigenvalue weighted by atomic mass is 19.1.